The molecule has 1 atom stereocenters. The third kappa shape index (κ3) is 4.52. The second kappa shape index (κ2) is 7.74. The van der Waals surface area contributed by atoms with Gasteiger partial charge in [-0.25, -0.2) is 23.1 Å². The van der Waals surface area contributed by atoms with E-state index in [4.69, 9.17) is 0 Å². The van der Waals surface area contributed by atoms with Gasteiger partial charge in [-0.1, -0.05) is 37.3 Å². The van der Waals surface area contributed by atoms with Gasteiger partial charge in [0.05, 0.1) is 21.8 Å². The highest BCUT2D eigenvalue weighted by atomic mass is 32.2. The molecule has 0 saturated carbocycles. The fourth-order valence-electron chi connectivity index (χ4n) is 2.42. The van der Waals surface area contributed by atoms with Crippen LogP contribution in [-0.4, -0.2) is 18.4 Å². The Morgan fingerprint density at radius 2 is 1.88 bits per heavy atom. The van der Waals surface area contributed by atoms with E-state index in [2.05, 4.69) is 14.7 Å². The Morgan fingerprint density at radius 3 is 2.48 bits per heavy atom. The molecule has 3 aromatic rings. The standard InChI is InChI=1S/C17H19N3O2S3/c1-3-16-19-15(10-24-16)14(9-13-7-5-4-6-8-13)20-25(21,22)17-11-23-12(2)18-17/h4-8,10-11,14,20H,3,9H2,1-2H3. The Balaban J connectivity index is 1.90. The molecular formula is C17H19N3O2S3. The number of nitrogens with one attached hydrogen (secondary N) is 1. The number of aromatic nitrogens is 2. The second-order valence-corrected chi connectivity index (χ2v) is 9.25. The van der Waals surface area contributed by atoms with Gasteiger partial charge in [0.2, 0.25) is 0 Å². The van der Waals surface area contributed by atoms with E-state index in [1.54, 1.807) is 23.6 Å². The van der Waals surface area contributed by atoms with E-state index in [0.717, 1.165) is 27.7 Å². The average molecular weight is 394 g/mol. The van der Waals surface area contributed by atoms with Crippen molar-refractivity contribution in [1.29, 1.82) is 0 Å². The lowest BCUT2D eigenvalue weighted by Gasteiger charge is -2.16. The van der Waals surface area contributed by atoms with Crippen molar-refractivity contribution in [2.45, 2.75) is 37.8 Å². The van der Waals surface area contributed by atoms with Gasteiger partial charge in [-0.3, -0.25) is 0 Å². The minimum Gasteiger partial charge on any atom is -0.245 e. The molecule has 0 saturated heterocycles. The van der Waals surface area contributed by atoms with Crippen LogP contribution in [0.1, 0.15) is 34.2 Å². The normalized spacial score (nSPS) is 13.0. The lowest BCUT2D eigenvalue weighted by atomic mass is 10.1. The number of hydrogen-bond donors (Lipinski definition) is 1. The number of benzene rings is 1. The molecule has 0 fully saturated rings. The number of aryl methyl sites for hydroxylation is 2. The van der Waals surface area contributed by atoms with Crippen LogP contribution in [0.3, 0.4) is 0 Å². The van der Waals surface area contributed by atoms with Gasteiger partial charge in [0.15, 0.2) is 5.03 Å². The van der Waals surface area contributed by atoms with Crippen molar-refractivity contribution >= 4 is 32.7 Å². The van der Waals surface area contributed by atoms with Crippen LogP contribution in [0.4, 0.5) is 0 Å². The molecule has 3 rings (SSSR count). The van der Waals surface area contributed by atoms with E-state index in [1.165, 1.54) is 11.3 Å². The zero-order valence-electron chi connectivity index (χ0n) is 14.0. The van der Waals surface area contributed by atoms with Crippen LogP contribution >= 0.6 is 22.7 Å². The molecule has 1 unspecified atom stereocenters. The predicted molar refractivity (Wildman–Crippen MR) is 102 cm³/mol. The minimum absolute atomic E-state index is 0.0685. The SMILES string of the molecule is CCc1nc(C(Cc2ccccc2)NS(=O)(=O)c2csc(C)n2)cs1. The van der Waals surface area contributed by atoms with Gasteiger partial charge in [0.1, 0.15) is 0 Å². The van der Waals surface area contributed by atoms with Crippen LogP contribution in [0.5, 0.6) is 0 Å². The van der Waals surface area contributed by atoms with Gasteiger partial charge in [0.25, 0.3) is 10.0 Å². The van der Waals surface area contributed by atoms with E-state index in [-0.39, 0.29) is 5.03 Å². The molecule has 25 heavy (non-hydrogen) atoms. The summed E-state index contributed by atoms with van der Waals surface area (Å²) in [6, 6.07) is 9.39. The topological polar surface area (TPSA) is 72.0 Å². The van der Waals surface area contributed by atoms with Crippen LogP contribution < -0.4 is 4.72 Å². The summed E-state index contributed by atoms with van der Waals surface area (Å²) in [6.45, 7) is 3.83. The summed E-state index contributed by atoms with van der Waals surface area (Å²) in [7, 11) is -3.69. The summed E-state index contributed by atoms with van der Waals surface area (Å²) in [5.74, 6) is 0. The van der Waals surface area contributed by atoms with Crippen LogP contribution in [-0.2, 0) is 22.9 Å². The Hall–Kier alpha value is -1.61. The molecule has 0 bridgehead atoms. The van der Waals surface area contributed by atoms with Crippen molar-refractivity contribution in [3.63, 3.8) is 0 Å². The van der Waals surface area contributed by atoms with Crippen molar-refractivity contribution in [1.82, 2.24) is 14.7 Å². The van der Waals surface area contributed by atoms with Crippen molar-refractivity contribution in [3.05, 3.63) is 62.4 Å². The highest BCUT2D eigenvalue weighted by molar-refractivity contribution is 7.89. The quantitative estimate of drug-likeness (QED) is 0.664. The lowest BCUT2D eigenvalue weighted by Crippen LogP contribution is -2.30. The summed E-state index contributed by atoms with van der Waals surface area (Å²) in [6.07, 6.45) is 1.37. The molecular weight excluding hydrogens is 374 g/mol. The zero-order valence-corrected chi connectivity index (χ0v) is 16.4. The van der Waals surface area contributed by atoms with E-state index in [0.29, 0.717) is 6.42 Å². The first-order valence-corrected chi connectivity index (χ1v) is 11.1. The highest BCUT2D eigenvalue weighted by Crippen LogP contribution is 2.24. The summed E-state index contributed by atoms with van der Waals surface area (Å²) < 4.78 is 28.2. The molecule has 5 nitrogen and oxygen atoms in total. The van der Waals surface area contributed by atoms with E-state index < -0.39 is 16.1 Å². The highest BCUT2D eigenvalue weighted by Gasteiger charge is 2.25. The monoisotopic (exact) mass is 393 g/mol. The molecule has 0 aliphatic rings. The molecule has 1 N–H and O–H groups in total. The van der Waals surface area contributed by atoms with Gasteiger partial charge in [-0.2, -0.15) is 0 Å². The molecule has 0 spiro atoms. The summed E-state index contributed by atoms with van der Waals surface area (Å²) in [5.41, 5.74) is 1.80. The van der Waals surface area contributed by atoms with Crippen LogP contribution in [0.2, 0.25) is 0 Å². The maximum Gasteiger partial charge on any atom is 0.259 e. The van der Waals surface area contributed by atoms with Crippen molar-refractivity contribution in [2.75, 3.05) is 0 Å². The molecule has 1 aromatic carbocycles. The van der Waals surface area contributed by atoms with E-state index in [9.17, 15) is 8.42 Å². The first kappa shape index (κ1) is 18.2. The smallest absolute Gasteiger partial charge is 0.245 e. The molecule has 8 heteroatoms. The van der Waals surface area contributed by atoms with Gasteiger partial charge < -0.3 is 0 Å². The summed E-state index contributed by atoms with van der Waals surface area (Å²) in [5, 5.41) is 5.29. The zero-order chi connectivity index (χ0) is 17.9. The first-order chi connectivity index (χ1) is 12.0. The van der Waals surface area contributed by atoms with Crippen molar-refractivity contribution in [2.24, 2.45) is 0 Å². The second-order valence-electron chi connectivity index (χ2n) is 5.59. The Labute approximate surface area is 155 Å². The first-order valence-electron chi connectivity index (χ1n) is 7.90. The molecule has 0 aliphatic heterocycles. The fraction of sp³-hybridized carbons (Fsp3) is 0.294. The molecule has 0 aliphatic carbocycles. The third-order valence-corrected chi connectivity index (χ3v) is 6.97. The Morgan fingerprint density at radius 1 is 1.12 bits per heavy atom. The van der Waals surface area contributed by atoms with Crippen LogP contribution in [0.25, 0.3) is 0 Å². The van der Waals surface area contributed by atoms with Gasteiger partial charge in [-0.15, -0.1) is 22.7 Å². The minimum atomic E-state index is -3.69. The molecule has 132 valence electrons. The predicted octanol–water partition coefficient (Wildman–Crippen LogP) is 3.73. The van der Waals surface area contributed by atoms with E-state index >= 15 is 0 Å². The summed E-state index contributed by atoms with van der Waals surface area (Å²) >= 11 is 2.88. The number of rotatable bonds is 7. The third-order valence-electron chi connectivity index (χ3n) is 3.68. The van der Waals surface area contributed by atoms with Crippen LogP contribution in [0.15, 0.2) is 46.1 Å². The number of thiazole rings is 2. The Bertz CT molecular complexity index is 933. The Kier molecular flexibility index (Phi) is 5.63. The van der Waals surface area contributed by atoms with Crippen molar-refractivity contribution < 1.29 is 8.42 Å². The van der Waals surface area contributed by atoms with Gasteiger partial charge >= 0.3 is 0 Å². The summed E-state index contributed by atoms with van der Waals surface area (Å²) in [4.78, 5) is 8.69. The fourth-order valence-corrected chi connectivity index (χ4v) is 5.36. The molecule has 2 aromatic heterocycles. The number of hydrogen-bond acceptors (Lipinski definition) is 6. The lowest BCUT2D eigenvalue weighted by molar-refractivity contribution is 0.547. The molecule has 0 radical (unpaired) electrons. The maximum atomic E-state index is 12.7. The average Bonchev–Trinajstić information content (AvgIpc) is 3.24. The van der Waals surface area contributed by atoms with Crippen molar-refractivity contribution in [3.8, 4) is 0 Å². The largest absolute Gasteiger partial charge is 0.259 e. The van der Waals surface area contributed by atoms with Crippen LogP contribution in [0, 0.1) is 6.92 Å². The van der Waals surface area contributed by atoms with Gasteiger partial charge in [0, 0.05) is 10.8 Å². The van der Waals surface area contributed by atoms with Gasteiger partial charge in [-0.05, 0) is 25.3 Å². The van der Waals surface area contributed by atoms with E-state index in [1.807, 2.05) is 42.6 Å². The molecule has 2 heterocycles. The number of nitrogens with zero attached hydrogens (tertiary/aromatic N) is 2. The molecule has 0 amide bonds. The maximum absolute atomic E-state index is 12.7. The number of sulfonamides is 1.